The highest BCUT2D eigenvalue weighted by molar-refractivity contribution is 6.10. The molecule has 7 aromatic carbocycles. The van der Waals surface area contributed by atoms with Crippen molar-refractivity contribution in [2.24, 2.45) is 0 Å². The van der Waals surface area contributed by atoms with Crippen LogP contribution in [0.2, 0.25) is 0 Å². The van der Waals surface area contributed by atoms with Crippen molar-refractivity contribution >= 4 is 21.9 Å². The minimum absolute atomic E-state index is 0.0320. The van der Waals surface area contributed by atoms with Crippen LogP contribution in [-0.4, -0.2) is 0 Å². The van der Waals surface area contributed by atoms with E-state index in [0.29, 0.717) is 0 Å². The molecule has 3 aliphatic carbocycles. The molecule has 0 aliphatic heterocycles. The lowest BCUT2D eigenvalue weighted by atomic mass is 9.70. The van der Waals surface area contributed by atoms with Crippen LogP contribution in [0.15, 0.2) is 150 Å². The molecule has 1 spiro atoms. The summed E-state index contributed by atoms with van der Waals surface area (Å²) in [6, 6.07) is 54.2. The molecular weight excluding hydrogens is 569 g/mol. The predicted octanol–water partition coefficient (Wildman–Crippen LogP) is 11.9. The zero-order valence-corrected chi connectivity index (χ0v) is 26.3. The highest BCUT2D eigenvalue weighted by Gasteiger charge is 2.51. The normalized spacial score (nSPS) is 15.4. The van der Waals surface area contributed by atoms with Gasteiger partial charge in [0.25, 0.3) is 0 Å². The number of benzene rings is 7. The average Bonchev–Trinajstić information content (AvgIpc) is 3.79. The van der Waals surface area contributed by atoms with Crippen LogP contribution in [0.1, 0.15) is 47.2 Å². The fourth-order valence-electron chi connectivity index (χ4n) is 9.42. The Morgan fingerprint density at radius 3 is 1.51 bits per heavy atom. The summed E-state index contributed by atoms with van der Waals surface area (Å²) < 4.78 is 6.70. The van der Waals surface area contributed by atoms with E-state index in [1.165, 1.54) is 83.3 Å². The molecule has 0 atom stereocenters. The van der Waals surface area contributed by atoms with Crippen LogP contribution in [0.4, 0.5) is 0 Å². The van der Waals surface area contributed by atoms with E-state index in [1.54, 1.807) is 0 Å². The van der Waals surface area contributed by atoms with Gasteiger partial charge in [-0.3, -0.25) is 0 Å². The maximum Gasteiger partial charge on any atom is 0.135 e. The van der Waals surface area contributed by atoms with E-state index in [2.05, 4.69) is 159 Å². The van der Waals surface area contributed by atoms with E-state index in [1.807, 2.05) is 0 Å². The first-order chi connectivity index (χ1) is 23.0. The van der Waals surface area contributed by atoms with Crippen molar-refractivity contribution in [1.82, 2.24) is 0 Å². The second kappa shape index (κ2) is 8.57. The molecular formula is C46H30O. The molecule has 0 radical (unpaired) electrons. The molecule has 0 N–H and O–H groups in total. The van der Waals surface area contributed by atoms with E-state index < -0.39 is 0 Å². The van der Waals surface area contributed by atoms with Crippen molar-refractivity contribution < 1.29 is 4.42 Å². The van der Waals surface area contributed by atoms with Gasteiger partial charge in [-0.1, -0.05) is 129 Å². The molecule has 0 saturated heterocycles. The van der Waals surface area contributed by atoms with Gasteiger partial charge >= 0.3 is 0 Å². The van der Waals surface area contributed by atoms with Gasteiger partial charge in [0.15, 0.2) is 0 Å². The average molecular weight is 599 g/mol. The third-order valence-corrected chi connectivity index (χ3v) is 11.5. The Morgan fingerprint density at radius 1 is 0.362 bits per heavy atom. The van der Waals surface area contributed by atoms with Crippen LogP contribution in [0, 0.1) is 0 Å². The lowest BCUT2D eigenvalue weighted by Crippen LogP contribution is -2.25. The van der Waals surface area contributed by atoms with Gasteiger partial charge in [0.05, 0.1) is 5.41 Å². The fourth-order valence-corrected chi connectivity index (χ4v) is 9.42. The monoisotopic (exact) mass is 598 g/mol. The van der Waals surface area contributed by atoms with Crippen molar-refractivity contribution in [1.29, 1.82) is 0 Å². The molecule has 0 bridgehead atoms. The first-order valence-electron chi connectivity index (χ1n) is 16.6. The van der Waals surface area contributed by atoms with Gasteiger partial charge in [0.1, 0.15) is 11.2 Å². The summed E-state index contributed by atoms with van der Waals surface area (Å²) in [5.41, 5.74) is 20.0. The summed E-state index contributed by atoms with van der Waals surface area (Å²) in [7, 11) is 0. The summed E-state index contributed by atoms with van der Waals surface area (Å²) in [6.45, 7) is 4.70. The number of furan rings is 1. The van der Waals surface area contributed by atoms with Crippen LogP contribution in [0.25, 0.3) is 66.4 Å². The number of fused-ring (bicyclic) bond motifs is 16. The molecule has 1 aromatic heterocycles. The van der Waals surface area contributed by atoms with Gasteiger partial charge in [0.2, 0.25) is 0 Å². The zero-order chi connectivity index (χ0) is 31.1. The van der Waals surface area contributed by atoms with Crippen LogP contribution >= 0.6 is 0 Å². The Balaban J connectivity index is 1.14. The molecule has 0 saturated carbocycles. The van der Waals surface area contributed by atoms with Crippen molar-refractivity contribution in [3.05, 3.63) is 179 Å². The number of hydrogen-bond donors (Lipinski definition) is 0. The Bertz CT molecular complexity index is 2620. The summed E-state index contributed by atoms with van der Waals surface area (Å²) in [4.78, 5) is 0. The standard InChI is InChI=1S/C46H30O/c1-45(2)37-15-7-3-11-29(37)33-21-19-28(24-41(33)45)27-20-22-43-35(23-27)36-25-34-32-14-6-10-18-40(32)46(42(34)26-44(36)47-43)38-16-8-4-12-30(38)31-13-5-9-17-39(31)46/h3-26H,1-2H3. The number of rotatable bonds is 1. The van der Waals surface area contributed by atoms with Crippen molar-refractivity contribution in [2.45, 2.75) is 24.7 Å². The SMILES string of the molecule is CC1(C)c2ccccc2-c2ccc(-c3ccc4oc5cc6c(cc5c4c3)-c3ccccc3C63c4ccccc4-c4ccccc43)cc21. The Kier molecular flexibility index (Phi) is 4.66. The zero-order valence-electron chi connectivity index (χ0n) is 26.3. The Labute approximate surface area is 273 Å². The lowest BCUT2D eigenvalue weighted by molar-refractivity contribution is 0.660. The van der Waals surface area contributed by atoms with Crippen LogP contribution < -0.4 is 0 Å². The fraction of sp³-hybridized carbons (Fsp3) is 0.0870. The molecule has 0 fully saturated rings. The van der Waals surface area contributed by atoms with E-state index in [4.69, 9.17) is 4.42 Å². The minimum atomic E-state index is -0.369. The molecule has 1 nitrogen and oxygen atoms in total. The van der Waals surface area contributed by atoms with Crippen molar-refractivity contribution in [3.63, 3.8) is 0 Å². The van der Waals surface area contributed by atoms with Crippen LogP contribution in [-0.2, 0) is 10.8 Å². The van der Waals surface area contributed by atoms with Gasteiger partial charge in [-0.05, 0) is 108 Å². The van der Waals surface area contributed by atoms with Gasteiger partial charge in [-0.2, -0.15) is 0 Å². The Hall–Kier alpha value is -5.66. The molecule has 3 aliphatic rings. The molecule has 1 heteroatoms. The van der Waals surface area contributed by atoms with Crippen molar-refractivity contribution in [2.75, 3.05) is 0 Å². The summed E-state index contributed by atoms with van der Waals surface area (Å²) in [6.07, 6.45) is 0. The largest absolute Gasteiger partial charge is 0.456 e. The maximum atomic E-state index is 6.70. The van der Waals surface area contributed by atoms with E-state index in [0.717, 1.165) is 16.6 Å². The predicted molar refractivity (Wildman–Crippen MR) is 193 cm³/mol. The second-order valence-corrected chi connectivity index (χ2v) is 14.0. The van der Waals surface area contributed by atoms with Gasteiger partial charge in [0, 0.05) is 16.2 Å². The first-order valence-corrected chi connectivity index (χ1v) is 16.6. The number of hydrogen-bond acceptors (Lipinski definition) is 1. The summed E-state index contributed by atoms with van der Waals surface area (Å²) >= 11 is 0. The van der Waals surface area contributed by atoms with Crippen LogP contribution in [0.3, 0.4) is 0 Å². The highest BCUT2D eigenvalue weighted by atomic mass is 16.3. The third kappa shape index (κ3) is 3.01. The van der Waals surface area contributed by atoms with Gasteiger partial charge in [-0.25, -0.2) is 0 Å². The molecule has 0 amide bonds. The molecule has 0 unspecified atom stereocenters. The quantitative estimate of drug-likeness (QED) is 0.183. The van der Waals surface area contributed by atoms with E-state index >= 15 is 0 Å². The maximum absolute atomic E-state index is 6.70. The lowest BCUT2D eigenvalue weighted by Gasteiger charge is -2.30. The van der Waals surface area contributed by atoms with Gasteiger partial charge in [-0.15, -0.1) is 0 Å². The topological polar surface area (TPSA) is 13.1 Å². The Morgan fingerprint density at radius 2 is 0.851 bits per heavy atom. The van der Waals surface area contributed by atoms with Gasteiger partial charge < -0.3 is 4.42 Å². The second-order valence-electron chi connectivity index (χ2n) is 14.0. The highest BCUT2D eigenvalue weighted by Crippen LogP contribution is 2.63. The van der Waals surface area contributed by atoms with Crippen molar-refractivity contribution in [3.8, 4) is 44.5 Å². The molecule has 8 aromatic rings. The summed E-state index contributed by atoms with van der Waals surface area (Å²) in [5, 5.41) is 2.33. The molecule has 1 heterocycles. The molecule has 220 valence electrons. The first kappa shape index (κ1) is 25.5. The van der Waals surface area contributed by atoms with E-state index in [9.17, 15) is 0 Å². The van der Waals surface area contributed by atoms with E-state index in [-0.39, 0.29) is 10.8 Å². The van der Waals surface area contributed by atoms with Crippen LogP contribution in [0.5, 0.6) is 0 Å². The minimum Gasteiger partial charge on any atom is -0.456 e. The molecule has 11 rings (SSSR count). The summed E-state index contributed by atoms with van der Waals surface area (Å²) in [5.74, 6) is 0. The third-order valence-electron chi connectivity index (χ3n) is 11.5. The smallest absolute Gasteiger partial charge is 0.135 e. The molecule has 47 heavy (non-hydrogen) atoms.